The smallest absolute Gasteiger partial charge is 0.417 e. The second-order valence-electron chi connectivity index (χ2n) is 14.4. The summed E-state index contributed by atoms with van der Waals surface area (Å²) in [7, 11) is -2.33. The average Bonchev–Trinajstić information content (AvgIpc) is 3.24. The maximum absolute atomic E-state index is 14.6. The van der Waals surface area contributed by atoms with Crippen molar-refractivity contribution in [3.05, 3.63) is 108 Å². The molecule has 0 radical (unpaired) electrons. The fraction of sp³-hybridized carbons (Fsp3) is 0.474. The fourth-order valence-electron chi connectivity index (χ4n) is 5.57. The third kappa shape index (κ3) is 9.18. The lowest BCUT2D eigenvalue weighted by molar-refractivity contribution is -0.172. The number of imide groups is 1. The van der Waals surface area contributed by atoms with Crippen molar-refractivity contribution < 1.29 is 33.3 Å². The first-order valence-electron chi connectivity index (χ1n) is 16.4. The molecule has 3 aromatic rings. The number of hydrogen-bond donors (Lipinski definition) is 1. The van der Waals surface area contributed by atoms with Crippen molar-refractivity contribution in [2.75, 3.05) is 0 Å². The summed E-state index contributed by atoms with van der Waals surface area (Å²) in [5.74, 6) is -0.683. The molecule has 1 aliphatic heterocycles. The van der Waals surface area contributed by atoms with Crippen LogP contribution in [0.25, 0.3) is 0 Å². The molecule has 1 fully saturated rings. The Balaban J connectivity index is 1.71. The SMILES string of the molecule is C[C@@H](O[Si](C)(C)C(C)(C)C)[C@H](OCc1ccccc1)[C@@H](O)[C@H](OCc1ccccc1)C(=O)N1C(=O)OC(C)(C)[C@@H]1Cc1ccccc1. The van der Waals surface area contributed by atoms with Gasteiger partial charge in [0.2, 0.25) is 0 Å². The number of nitrogens with zero attached hydrogens (tertiary/aromatic N) is 1. The first-order valence-corrected chi connectivity index (χ1v) is 19.3. The molecular weight excluding hydrogens is 611 g/mol. The second kappa shape index (κ2) is 15.3. The largest absolute Gasteiger partial charge is 0.441 e. The third-order valence-electron chi connectivity index (χ3n) is 9.37. The lowest BCUT2D eigenvalue weighted by Crippen LogP contribution is -2.58. The highest BCUT2D eigenvalue weighted by Gasteiger charge is 2.54. The lowest BCUT2D eigenvalue weighted by Gasteiger charge is -2.42. The number of hydrogen-bond acceptors (Lipinski definition) is 7. The Bertz CT molecular complexity index is 1440. The van der Waals surface area contributed by atoms with Gasteiger partial charge < -0.3 is 23.7 Å². The van der Waals surface area contributed by atoms with Gasteiger partial charge in [-0.3, -0.25) is 4.79 Å². The van der Waals surface area contributed by atoms with E-state index in [-0.39, 0.29) is 18.3 Å². The van der Waals surface area contributed by atoms with E-state index in [2.05, 4.69) is 33.9 Å². The minimum atomic E-state index is -2.33. The Hall–Kier alpha value is -3.34. The number of carbonyl (C=O) groups is 2. The van der Waals surface area contributed by atoms with Crippen LogP contribution in [0.1, 0.15) is 58.2 Å². The van der Waals surface area contributed by atoms with Gasteiger partial charge in [0.15, 0.2) is 14.4 Å². The van der Waals surface area contributed by atoms with Crippen molar-refractivity contribution in [3.63, 3.8) is 0 Å². The summed E-state index contributed by atoms with van der Waals surface area (Å²) in [6.07, 6.45) is -4.90. The van der Waals surface area contributed by atoms with Crippen LogP contribution in [0.3, 0.4) is 0 Å². The van der Waals surface area contributed by atoms with Crippen LogP contribution in [0.5, 0.6) is 0 Å². The zero-order chi connectivity index (χ0) is 34.4. The lowest BCUT2D eigenvalue weighted by atomic mass is 9.91. The quantitative estimate of drug-likeness (QED) is 0.181. The summed E-state index contributed by atoms with van der Waals surface area (Å²) in [6.45, 7) is 16.4. The van der Waals surface area contributed by atoms with E-state index in [9.17, 15) is 14.7 Å². The minimum Gasteiger partial charge on any atom is -0.441 e. The van der Waals surface area contributed by atoms with Gasteiger partial charge in [0.1, 0.15) is 17.8 Å². The summed E-state index contributed by atoms with van der Waals surface area (Å²) >= 11 is 0. The van der Waals surface area contributed by atoms with Gasteiger partial charge in [-0.2, -0.15) is 0 Å². The second-order valence-corrected chi connectivity index (χ2v) is 19.2. The Morgan fingerprint density at radius 1 is 0.872 bits per heavy atom. The number of benzene rings is 3. The molecule has 254 valence electrons. The first-order chi connectivity index (χ1) is 22.1. The summed E-state index contributed by atoms with van der Waals surface area (Å²) in [6, 6.07) is 28.1. The van der Waals surface area contributed by atoms with Crippen molar-refractivity contribution in [2.45, 2.75) is 115 Å². The van der Waals surface area contributed by atoms with Crippen molar-refractivity contribution >= 4 is 20.3 Å². The van der Waals surface area contributed by atoms with E-state index >= 15 is 0 Å². The van der Waals surface area contributed by atoms with E-state index in [0.717, 1.165) is 21.6 Å². The monoisotopic (exact) mass is 661 g/mol. The molecule has 1 heterocycles. The summed E-state index contributed by atoms with van der Waals surface area (Å²) in [4.78, 5) is 29.2. The molecule has 0 unspecified atom stereocenters. The fourth-order valence-corrected chi connectivity index (χ4v) is 6.99. The molecule has 4 rings (SSSR count). The van der Waals surface area contributed by atoms with Crippen molar-refractivity contribution in [1.82, 2.24) is 4.90 Å². The molecule has 3 aromatic carbocycles. The van der Waals surface area contributed by atoms with E-state index in [1.165, 1.54) is 0 Å². The van der Waals surface area contributed by atoms with Crippen LogP contribution in [0, 0.1) is 0 Å². The zero-order valence-electron chi connectivity index (χ0n) is 29.0. The van der Waals surface area contributed by atoms with Crippen molar-refractivity contribution in [1.29, 1.82) is 0 Å². The van der Waals surface area contributed by atoms with Gasteiger partial charge in [0, 0.05) is 0 Å². The molecule has 9 heteroatoms. The number of ether oxygens (including phenoxy) is 3. The first kappa shape index (κ1) is 36.5. The topological polar surface area (TPSA) is 94.5 Å². The molecule has 0 spiro atoms. The van der Waals surface area contributed by atoms with E-state index in [0.29, 0.717) is 6.42 Å². The van der Waals surface area contributed by atoms with Gasteiger partial charge in [0.05, 0.1) is 25.4 Å². The normalized spacial score (nSPS) is 19.1. The number of rotatable bonds is 14. The van der Waals surface area contributed by atoms with Crippen LogP contribution < -0.4 is 0 Å². The highest BCUT2D eigenvalue weighted by atomic mass is 28.4. The molecule has 1 saturated heterocycles. The minimum absolute atomic E-state index is 0.0345. The van der Waals surface area contributed by atoms with E-state index in [4.69, 9.17) is 18.6 Å². The van der Waals surface area contributed by atoms with Crippen LogP contribution in [-0.2, 0) is 43.1 Å². The number of aliphatic hydroxyl groups is 1. The number of cyclic esters (lactones) is 1. The highest BCUT2D eigenvalue weighted by molar-refractivity contribution is 6.74. The van der Waals surface area contributed by atoms with Crippen molar-refractivity contribution in [3.8, 4) is 0 Å². The molecular formula is C38H51NO7Si. The molecule has 5 atom stereocenters. The Morgan fingerprint density at radius 3 is 1.83 bits per heavy atom. The standard InChI is InChI=1S/C38H51NO7Si/c1-27(46-47(7,8)37(2,3)4)33(43-25-29-20-14-10-15-21-29)32(40)34(44-26-30-22-16-11-17-23-30)35(41)39-31(38(5,6)45-36(39)42)24-28-18-12-9-13-19-28/h9-23,27,31-34,40H,24-26H2,1-8H3/t27-,31+,32-,33+,34+/m1/s1. The molecule has 0 aromatic heterocycles. The summed E-state index contributed by atoms with van der Waals surface area (Å²) < 4.78 is 25.2. The molecule has 0 aliphatic carbocycles. The third-order valence-corrected chi connectivity index (χ3v) is 13.9. The van der Waals surface area contributed by atoms with Gasteiger partial charge >= 0.3 is 6.09 Å². The van der Waals surface area contributed by atoms with Crippen LogP contribution in [0.15, 0.2) is 91.0 Å². The highest BCUT2D eigenvalue weighted by Crippen LogP contribution is 2.39. The van der Waals surface area contributed by atoms with E-state index in [1.54, 1.807) is 13.8 Å². The average molecular weight is 662 g/mol. The van der Waals surface area contributed by atoms with Crippen molar-refractivity contribution in [2.24, 2.45) is 0 Å². The van der Waals surface area contributed by atoms with Crippen LogP contribution >= 0.6 is 0 Å². The Kier molecular flexibility index (Phi) is 11.8. The molecule has 1 aliphatic rings. The van der Waals surface area contributed by atoms with Gasteiger partial charge in [-0.15, -0.1) is 0 Å². The Labute approximate surface area is 281 Å². The van der Waals surface area contributed by atoms with Crippen LogP contribution in [-0.4, -0.2) is 66.4 Å². The molecule has 0 bridgehead atoms. The zero-order valence-corrected chi connectivity index (χ0v) is 30.0. The van der Waals surface area contributed by atoms with Gasteiger partial charge in [-0.05, 0) is 62.0 Å². The van der Waals surface area contributed by atoms with E-state index in [1.807, 2.05) is 97.9 Å². The number of amides is 2. The molecule has 1 N–H and O–H groups in total. The van der Waals surface area contributed by atoms with Gasteiger partial charge in [0.25, 0.3) is 5.91 Å². The molecule has 0 saturated carbocycles. The maximum Gasteiger partial charge on any atom is 0.417 e. The number of aliphatic hydroxyl groups excluding tert-OH is 1. The van der Waals surface area contributed by atoms with Gasteiger partial charge in [-0.25, -0.2) is 9.69 Å². The van der Waals surface area contributed by atoms with Gasteiger partial charge in [-0.1, -0.05) is 112 Å². The maximum atomic E-state index is 14.6. The summed E-state index contributed by atoms with van der Waals surface area (Å²) in [5, 5.41) is 12.1. The summed E-state index contributed by atoms with van der Waals surface area (Å²) in [5.41, 5.74) is 1.70. The predicted molar refractivity (Wildman–Crippen MR) is 185 cm³/mol. The number of carbonyl (C=O) groups excluding carboxylic acids is 2. The Morgan fingerprint density at radius 2 is 1.34 bits per heavy atom. The van der Waals surface area contributed by atoms with Crippen LogP contribution in [0.4, 0.5) is 4.79 Å². The molecule has 47 heavy (non-hydrogen) atoms. The molecule has 8 nitrogen and oxygen atoms in total. The van der Waals surface area contributed by atoms with E-state index < -0.39 is 56.4 Å². The predicted octanol–water partition coefficient (Wildman–Crippen LogP) is 7.30. The van der Waals surface area contributed by atoms with Crippen LogP contribution in [0.2, 0.25) is 18.1 Å². The molecule has 2 amide bonds.